The molecular formula is C28H35N5O3. The van der Waals surface area contributed by atoms with Crippen molar-refractivity contribution in [3.05, 3.63) is 59.9 Å². The fourth-order valence-corrected chi connectivity index (χ4v) is 5.62. The van der Waals surface area contributed by atoms with E-state index in [1.807, 2.05) is 50.2 Å². The van der Waals surface area contributed by atoms with Gasteiger partial charge in [0.2, 0.25) is 11.8 Å². The molecule has 1 aromatic carbocycles. The quantitative estimate of drug-likeness (QED) is 0.640. The SMILES string of the molecule is CCC1(C)CC(NC(=O)[C@H]2C[C@@H]2[C@@H](c2cccnc2)N2C(=O)CC(C)(C)N=C2N)c2ccccc2O1. The number of para-hydroxylation sites is 1. The fraction of sp³-hybridized carbons (Fsp3) is 0.500. The third kappa shape index (κ3) is 4.56. The number of guanidine groups is 1. The molecule has 0 spiro atoms. The van der Waals surface area contributed by atoms with Crippen molar-refractivity contribution in [3.63, 3.8) is 0 Å². The number of pyridine rings is 1. The van der Waals surface area contributed by atoms with Gasteiger partial charge in [0, 0.05) is 30.3 Å². The van der Waals surface area contributed by atoms with E-state index in [0.29, 0.717) is 12.8 Å². The monoisotopic (exact) mass is 489 g/mol. The molecule has 1 aromatic heterocycles. The minimum Gasteiger partial charge on any atom is -0.487 e. The highest BCUT2D eigenvalue weighted by Crippen LogP contribution is 2.51. The molecule has 3 heterocycles. The molecule has 36 heavy (non-hydrogen) atoms. The predicted octanol–water partition coefficient (Wildman–Crippen LogP) is 3.89. The first-order valence-electron chi connectivity index (χ1n) is 12.8. The number of hydrogen-bond acceptors (Lipinski definition) is 6. The predicted molar refractivity (Wildman–Crippen MR) is 137 cm³/mol. The zero-order valence-electron chi connectivity index (χ0n) is 21.4. The molecule has 0 saturated heterocycles. The van der Waals surface area contributed by atoms with Gasteiger partial charge in [0.15, 0.2) is 5.96 Å². The maximum absolute atomic E-state index is 13.5. The highest BCUT2D eigenvalue weighted by molar-refractivity contribution is 5.99. The summed E-state index contributed by atoms with van der Waals surface area (Å²) in [6.45, 7) is 7.99. The molecule has 8 heteroatoms. The number of fused-ring (bicyclic) bond motifs is 1. The van der Waals surface area contributed by atoms with Gasteiger partial charge in [-0.3, -0.25) is 19.5 Å². The van der Waals surface area contributed by atoms with E-state index in [4.69, 9.17) is 10.5 Å². The lowest BCUT2D eigenvalue weighted by Gasteiger charge is -2.40. The van der Waals surface area contributed by atoms with Crippen LogP contribution in [0, 0.1) is 11.8 Å². The molecule has 1 saturated carbocycles. The molecular weight excluding hydrogens is 454 g/mol. The number of ether oxygens (including phenoxy) is 1. The average Bonchev–Trinajstić information content (AvgIpc) is 3.62. The van der Waals surface area contributed by atoms with Crippen molar-refractivity contribution in [1.29, 1.82) is 0 Å². The van der Waals surface area contributed by atoms with Gasteiger partial charge in [-0.2, -0.15) is 0 Å². The minimum absolute atomic E-state index is 0.00524. The van der Waals surface area contributed by atoms with Crippen molar-refractivity contribution in [1.82, 2.24) is 15.2 Å². The largest absolute Gasteiger partial charge is 0.487 e. The first-order chi connectivity index (χ1) is 17.1. The number of hydrogen-bond donors (Lipinski definition) is 2. The van der Waals surface area contributed by atoms with E-state index in [9.17, 15) is 9.59 Å². The van der Waals surface area contributed by atoms with Gasteiger partial charge >= 0.3 is 0 Å². The van der Waals surface area contributed by atoms with Crippen molar-refractivity contribution >= 4 is 17.8 Å². The summed E-state index contributed by atoms with van der Waals surface area (Å²) < 4.78 is 6.26. The molecule has 0 bridgehead atoms. The number of rotatable bonds is 6. The van der Waals surface area contributed by atoms with Crippen molar-refractivity contribution in [3.8, 4) is 5.75 Å². The van der Waals surface area contributed by atoms with E-state index < -0.39 is 5.54 Å². The Labute approximate surface area is 212 Å². The normalized spacial score (nSPS) is 29.4. The molecule has 3 N–H and O–H groups in total. The number of benzene rings is 1. The third-order valence-corrected chi connectivity index (χ3v) is 7.75. The summed E-state index contributed by atoms with van der Waals surface area (Å²) in [5, 5.41) is 3.30. The minimum atomic E-state index is -0.542. The van der Waals surface area contributed by atoms with E-state index in [2.05, 4.69) is 29.1 Å². The van der Waals surface area contributed by atoms with Crippen LogP contribution in [0.3, 0.4) is 0 Å². The van der Waals surface area contributed by atoms with Gasteiger partial charge < -0.3 is 15.8 Å². The summed E-state index contributed by atoms with van der Waals surface area (Å²) >= 11 is 0. The van der Waals surface area contributed by atoms with Crippen molar-refractivity contribution in [2.75, 3.05) is 0 Å². The van der Waals surface area contributed by atoms with E-state index in [1.165, 1.54) is 0 Å². The first-order valence-corrected chi connectivity index (χ1v) is 12.8. The molecule has 2 unspecified atom stereocenters. The first kappa shape index (κ1) is 24.3. The van der Waals surface area contributed by atoms with Crippen LogP contribution in [-0.4, -0.2) is 38.8 Å². The second-order valence-corrected chi connectivity index (χ2v) is 11.2. The van der Waals surface area contributed by atoms with E-state index >= 15 is 0 Å². The standard InChI is InChI=1S/C28H35N5O3/c1-5-28(4)14-21(18-10-6-7-11-22(18)36-28)31-25(35)20-13-19(20)24(17-9-8-12-30-16-17)33-23(34)15-27(2,3)32-26(33)29/h6-12,16,19-21,24H,5,13-15H2,1-4H3,(H2,29,32)(H,31,35)/t19-,20-,21?,24+,28?/m0/s1. The van der Waals surface area contributed by atoms with Crippen molar-refractivity contribution in [2.24, 2.45) is 22.6 Å². The van der Waals surface area contributed by atoms with Crippen LogP contribution in [0.15, 0.2) is 53.8 Å². The Morgan fingerprint density at radius 1 is 1.25 bits per heavy atom. The lowest BCUT2D eigenvalue weighted by Crippen LogP contribution is -2.52. The Morgan fingerprint density at radius 3 is 2.72 bits per heavy atom. The molecule has 8 nitrogen and oxygen atoms in total. The van der Waals surface area contributed by atoms with Gasteiger partial charge in [0.1, 0.15) is 11.4 Å². The number of nitrogens with zero attached hydrogens (tertiary/aromatic N) is 3. The molecule has 0 radical (unpaired) electrons. The van der Waals surface area contributed by atoms with Crippen LogP contribution in [-0.2, 0) is 9.59 Å². The molecule has 190 valence electrons. The average molecular weight is 490 g/mol. The molecule has 5 rings (SSSR count). The maximum Gasteiger partial charge on any atom is 0.232 e. The van der Waals surface area contributed by atoms with Crippen molar-refractivity contribution < 1.29 is 14.3 Å². The maximum atomic E-state index is 13.5. The summed E-state index contributed by atoms with van der Waals surface area (Å²) in [7, 11) is 0. The van der Waals surface area contributed by atoms with E-state index in [1.54, 1.807) is 17.3 Å². The van der Waals surface area contributed by atoms with Gasteiger partial charge in [0.25, 0.3) is 0 Å². The Hall–Kier alpha value is -3.42. The lowest BCUT2D eigenvalue weighted by atomic mass is 9.86. The molecule has 1 fully saturated rings. The zero-order chi connectivity index (χ0) is 25.7. The Morgan fingerprint density at radius 2 is 2.03 bits per heavy atom. The molecule has 2 aromatic rings. The van der Waals surface area contributed by atoms with Crippen LogP contribution in [0.5, 0.6) is 5.75 Å². The van der Waals surface area contributed by atoms with Gasteiger partial charge in [-0.25, -0.2) is 4.99 Å². The van der Waals surface area contributed by atoms with Gasteiger partial charge in [-0.1, -0.05) is 31.2 Å². The van der Waals surface area contributed by atoms with E-state index in [-0.39, 0.29) is 53.7 Å². The topological polar surface area (TPSA) is 110 Å². The highest BCUT2D eigenvalue weighted by atomic mass is 16.5. The second-order valence-electron chi connectivity index (χ2n) is 11.2. The Bertz CT molecular complexity index is 1200. The fourth-order valence-electron chi connectivity index (χ4n) is 5.62. The van der Waals surface area contributed by atoms with Crippen LogP contribution in [0.1, 0.15) is 76.6 Å². The smallest absolute Gasteiger partial charge is 0.232 e. The van der Waals surface area contributed by atoms with Gasteiger partial charge in [-0.15, -0.1) is 0 Å². The van der Waals surface area contributed by atoms with Gasteiger partial charge in [-0.05, 0) is 57.2 Å². The summed E-state index contributed by atoms with van der Waals surface area (Å²) in [5.41, 5.74) is 7.32. The van der Waals surface area contributed by atoms with Crippen LogP contribution in [0.2, 0.25) is 0 Å². The van der Waals surface area contributed by atoms with Crippen molar-refractivity contribution in [2.45, 2.75) is 76.6 Å². The number of aliphatic imine (C=N–C) groups is 1. The number of aromatic nitrogens is 1. The Kier molecular flexibility index (Phi) is 6.01. The number of carbonyl (C=O) groups excluding carboxylic acids is 2. The molecule has 1 aliphatic carbocycles. The van der Waals surface area contributed by atoms with Gasteiger partial charge in [0.05, 0.1) is 24.0 Å². The number of carbonyl (C=O) groups is 2. The number of nitrogens with one attached hydrogen (secondary N) is 1. The zero-order valence-corrected chi connectivity index (χ0v) is 21.4. The van der Waals surface area contributed by atoms with E-state index in [0.717, 1.165) is 23.3 Å². The Balaban J connectivity index is 1.39. The van der Waals surface area contributed by atoms with Crippen LogP contribution in [0.25, 0.3) is 0 Å². The third-order valence-electron chi connectivity index (χ3n) is 7.75. The summed E-state index contributed by atoms with van der Waals surface area (Å²) in [6, 6.07) is 11.2. The summed E-state index contributed by atoms with van der Waals surface area (Å²) in [6.07, 6.45) is 5.93. The highest BCUT2D eigenvalue weighted by Gasteiger charge is 2.53. The second kappa shape index (κ2) is 8.91. The summed E-state index contributed by atoms with van der Waals surface area (Å²) in [5.74, 6) is 0.644. The summed E-state index contributed by atoms with van der Waals surface area (Å²) in [4.78, 5) is 37.2. The number of nitrogens with two attached hydrogens (primary N) is 1. The van der Waals surface area contributed by atoms with Crippen LogP contribution < -0.4 is 15.8 Å². The van der Waals surface area contributed by atoms with Crippen LogP contribution in [0.4, 0.5) is 0 Å². The molecule has 2 aliphatic heterocycles. The molecule has 2 amide bonds. The molecule has 3 aliphatic rings. The number of amides is 2. The molecule has 5 atom stereocenters. The van der Waals surface area contributed by atoms with Crippen LogP contribution >= 0.6 is 0 Å². The lowest BCUT2D eigenvalue weighted by molar-refractivity contribution is -0.132.